The predicted octanol–water partition coefficient (Wildman–Crippen LogP) is 3.12. The lowest BCUT2D eigenvalue weighted by Gasteiger charge is -2.09. The lowest BCUT2D eigenvalue weighted by Crippen LogP contribution is -2.08. The summed E-state index contributed by atoms with van der Waals surface area (Å²) in [6.07, 6.45) is -4.45. The van der Waals surface area contributed by atoms with Crippen molar-refractivity contribution in [2.45, 2.75) is 13.1 Å². The van der Waals surface area contributed by atoms with Gasteiger partial charge >= 0.3 is 11.8 Å². The Hall–Kier alpha value is -1.78. The molecule has 0 fully saturated rings. The van der Waals surface area contributed by atoms with E-state index in [9.17, 15) is 18.0 Å². The molecule has 0 atom stereocenters. The molecule has 84 valence electrons. The van der Waals surface area contributed by atoms with E-state index in [1.807, 2.05) is 0 Å². The Morgan fingerprint density at radius 3 is 2.56 bits per heavy atom. The number of rotatable bonds is 0. The molecule has 0 saturated heterocycles. The number of hydrogen-bond acceptors (Lipinski definition) is 2. The third kappa shape index (κ3) is 1.68. The molecule has 0 spiro atoms. The molecule has 1 heterocycles. The van der Waals surface area contributed by atoms with Gasteiger partial charge in [-0.2, -0.15) is 13.2 Å². The van der Waals surface area contributed by atoms with E-state index in [0.717, 1.165) is 6.07 Å². The van der Waals surface area contributed by atoms with E-state index >= 15 is 0 Å². The molecule has 1 aromatic heterocycles. The Labute approximate surface area is 88.3 Å². The average molecular weight is 228 g/mol. The maximum absolute atomic E-state index is 12.6. The summed E-state index contributed by atoms with van der Waals surface area (Å²) in [6, 6.07) is 4.71. The van der Waals surface area contributed by atoms with Crippen molar-refractivity contribution in [3.05, 3.63) is 45.8 Å². The summed E-state index contributed by atoms with van der Waals surface area (Å²) in [5.74, 6) is 0. The van der Waals surface area contributed by atoms with Gasteiger partial charge < -0.3 is 4.42 Å². The summed E-state index contributed by atoms with van der Waals surface area (Å²) < 4.78 is 42.7. The number of alkyl halides is 3. The van der Waals surface area contributed by atoms with Crippen LogP contribution < -0.4 is 5.63 Å². The molecule has 0 aliphatic heterocycles. The van der Waals surface area contributed by atoms with Gasteiger partial charge in [0.2, 0.25) is 0 Å². The van der Waals surface area contributed by atoms with E-state index in [0.29, 0.717) is 0 Å². The number of fused-ring (bicyclic) bond motifs is 1. The first-order valence-electron chi connectivity index (χ1n) is 4.50. The van der Waals surface area contributed by atoms with E-state index in [-0.39, 0.29) is 16.5 Å². The fraction of sp³-hybridized carbons (Fsp3) is 0.182. The number of benzene rings is 1. The van der Waals surface area contributed by atoms with E-state index in [4.69, 9.17) is 4.42 Å². The Balaban J connectivity index is 2.88. The van der Waals surface area contributed by atoms with E-state index in [1.54, 1.807) is 0 Å². The molecule has 0 aliphatic carbocycles. The second-order valence-electron chi connectivity index (χ2n) is 3.43. The first-order chi connectivity index (χ1) is 7.39. The zero-order valence-electron chi connectivity index (χ0n) is 8.26. The molecular formula is C11H7F3O2. The molecule has 0 bridgehead atoms. The van der Waals surface area contributed by atoms with Gasteiger partial charge in [-0.25, -0.2) is 4.79 Å². The van der Waals surface area contributed by atoms with Crippen molar-refractivity contribution in [1.29, 1.82) is 0 Å². The number of aryl methyl sites for hydroxylation is 1. The Kier molecular flexibility index (Phi) is 2.26. The zero-order chi connectivity index (χ0) is 11.9. The molecular weight excluding hydrogens is 221 g/mol. The van der Waals surface area contributed by atoms with Crippen LogP contribution in [-0.2, 0) is 6.18 Å². The van der Waals surface area contributed by atoms with Gasteiger partial charge in [0.05, 0.1) is 5.56 Å². The van der Waals surface area contributed by atoms with E-state index < -0.39 is 17.4 Å². The highest BCUT2D eigenvalue weighted by atomic mass is 19.4. The second kappa shape index (κ2) is 3.37. The second-order valence-corrected chi connectivity index (χ2v) is 3.43. The molecule has 0 aliphatic rings. The van der Waals surface area contributed by atoms with Crippen molar-refractivity contribution in [3.8, 4) is 0 Å². The summed E-state index contributed by atoms with van der Waals surface area (Å²) >= 11 is 0. The Morgan fingerprint density at radius 2 is 1.94 bits per heavy atom. The predicted molar refractivity (Wildman–Crippen MR) is 52.2 cm³/mol. The molecule has 2 aromatic rings. The summed E-state index contributed by atoms with van der Waals surface area (Å²) in [4.78, 5) is 11.1. The van der Waals surface area contributed by atoms with Gasteiger partial charge in [0.15, 0.2) is 0 Å². The van der Waals surface area contributed by atoms with Gasteiger partial charge in [-0.05, 0) is 25.1 Å². The third-order valence-electron chi connectivity index (χ3n) is 2.26. The van der Waals surface area contributed by atoms with E-state index in [2.05, 4.69) is 0 Å². The smallest absolute Gasteiger partial charge is 0.417 e. The number of hydrogen-bond donors (Lipinski definition) is 0. The quantitative estimate of drug-likeness (QED) is 0.648. The van der Waals surface area contributed by atoms with Gasteiger partial charge in [0.25, 0.3) is 0 Å². The zero-order valence-corrected chi connectivity index (χ0v) is 8.26. The van der Waals surface area contributed by atoms with Crippen LogP contribution in [0.4, 0.5) is 13.2 Å². The van der Waals surface area contributed by atoms with Crippen molar-refractivity contribution in [1.82, 2.24) is 0 Å². The first kappa shape index (κ1) is 10.7. The molecule has 2 rings (SSSR count). The van der Waals surface area contributed by atoms with Crippen LogP contribution in [0.2, 0.25) is 0 Å². The minimum Gasteiger partial charge on any atom is -0.423 e. The molecule has 0 N–H and O–H groups in total. The van der Waals surface area contributed by atoms with Crippen LogP contribution in [0.1, 0.15) is 11.1 Å². The number of halogens is 3. The maximum Gasteiger partial charge on any atom is 0.417 e. The van der Waals surface area contributed by atoms with Crippen molar-refractivity contribution in [2.24, 2.45) is 0 Å². The molecule has 0 unspecified atom stereocenters. The minimum atomic E-state index is -4.45. The molecule has 0 saturated carbocycles. The van der Waals surface area contributed by atoms with Crippen LogP contribution in [-0.4, -0.2) is 0 Å². The first-order valence-corrected chi connectivity index (χ1v) is 4.50. The summed E-state index contributed by atoms with van der Waals surface area (Å²) in [5, 5.41) is -0.0906. The van der Waals surface area contributed by atoms with Crippen LogP contribution >= 0.6 is 0 Å². The topological polar surface area (TPSA) is 30.2 Å². The molecule has 1 aromatic carbocycles. The lowest BCUT2D eigenvalue weighted by atomic mass is 10.1. The molecule has 0 radical (unpaired) electrons. The highest BCUT2D eigenvalue weighted by Gasteiger charge is 2.32. The summed E-state index contributed by atoms with van der Waals surface area (Å²) in [7, 11) is 0. The Morgan fingerprint density at radius 1 is 1.25 bits per heavy atom. The van der Waals surface area contributed by atoms with Gasteiger partial charge in [-0.15, -0.1) is 0 Å². The standard InChI is InChI=1S/C11H7F3O2/c1-6-5-7-8(11(12,13)14)3-2-4-9(7)16-10(6)15/h2-5H,1H3. The van der Waals surface area contributed by atoms with Crippen LogP contribution in [0, 0.1) is 6.92 Å². The Bertz CT molecular complexity index is 596. The van der Waals surface area contributed by atoms with Crippen LogP contribution in [0.15, 0.2) is 33.5 Å². The third-order valence-corrected chi connectivity index (χ3v) is 2.26. The highest BCUT2D eigenvalue weighted by molar-refractivity contribution is 5.81. The largest absolute Gasteiger partial charge is 0.423 e. The highest BCUT2D eigenvalue weighted by Crippen LogP contribution is 2.34. The van der Waals surface area contributed by atoms with Crippen LogP contribution in [0.5, 0.6) is 0 Å². The normalized spacial score (nSPS) is 12.0. The van der Waals surface area contributed by atoms with E-state index in [1.165, 1.54) is 25.1 Å². The summed E-state index contributed by atoms with van der Waals surface area (Å²) in [6.45, 7) is 1.42. The van der Waals surface area contributed by atoms with Crippen molar-refractivity contribution in [3.63, 3.8) is 0 Å². The lowest BCUT2D eigenvalue weighted by molar-refractivity contribution is -0.136. The molecule has 5 heteroatoms. The monoisotopic (exact) mass is 228 g/mol. The van der Waals surface area contributed by atoms with Crippen LogP contribution in [0.3, 0.4) is 0 Å². The van der Waals surface area contributed by atoms with Crippen LogP contribution in [0.25, 0.3) is 11.0 Å². The molecule has 16 heavy (non-hydrogen) atoms. The average Bonchev–Trinajstić information content (AvgIpc) is 2.17. The van der Waals surface area contributed by atoms with Gasteiger partial charge in [-0.1, -0.05) is 6.07 Å². The van der Waals surface area contributed by atoms with Gasteiger partial charge in [0, 0.05) is 10.9 Å². The van der Waals surface area contributed by atoms with Crippen molar-refractivity contribution < 1.29 is 17.6 Å². The van der Waals surface area contributed by atoms with Gasteiger partial charge in [0.1, 0.15) is 5.58 Å². The van der Waals surface area contributed by atoms with Crippen molar-refractivity contribution in [2.75, 3.05) is 0 Å². The van der Waals surface area contributed by atoms with Gasteiger partial charge in [-0.3, -0.25) is 0 Å². The SMILES string of the molecule is Cc1cc2c(C(F)(F)F)cccc2oc1=O. The minimum absolute atomic E-state index is 0.0505. The maximum atomic E-state index is 12.6. The van der Waals surface area contributed by atoms with Crippen molar-refractivity contribution >= 4 is 11.0 Å². The fourth-order valence-electron chi connectivity index (χ4n) is 1.48. The molecule has 0 amide bonds. The summed E-state index contributed by atoms with van der Waals surface area (Å²) in [5.41, 5.74) is -1.31. The fourth-order valence-corrected chi connectivity index (χ4v) is 1.48. The molecule has 2 nitrogen and oxygen atoms in total.